The Kier molecular flexibility index (Phi) is 10.6. The zero-order chi connectivity index (χ0) is 27.1. The van der Waals surface area contributed by atoms with Crippen LogP contribution in [0.25, 0.3) is 0 Å². The van der Waals surface area contributed by atoms with Gasteiger partial charge >= 0.3 is 0 Å². The molecular formula is C36H59N3O. The van der Waals surface area contributed by atoms with Crippen molar-refractivity contribution in [1.29, 1.82) is 0 Å². The Balaban J connectivity index is 1.30. The van der Waals surface area contributed by atoms with E-state index < -0.39 is 0 Å². The van der Waals surface area contributed by atoms with Gasteiger partial charge in [-0.2, -0.15) is 0 Å². The van der Waals surface area contributed by atoms with E-state index in [-0.39, 0.29) is 12.6 Å². The van der Waals surface area contributed by atoms with Crippen LogP contribution in [0.2, 0.25) is 0 Å². The van der Waals surface area contributed by atoms with Crippen molar-refractivity contribution in [2.24, 2.45) is 0 Å². The number of aliphatic hydroxyl groups is 1. The van der Waals surface area contributed by atoms with E-state index in [0.29, 0.717) is 18.1 Å². The van der Waals surface area contributed by atoms with Crippen LogP contribution in [0.4, 0.5) is 0 Å². The smallest absolute Gasteiger partial charge is 0.0588 e. The molecule has 1 aromatic carbocycles. The van der Waals surface area contributed by atoms with E-state index in [0.717, 1.165) is 30.6 Å². The molecule has 6 rings (SSSR count). The summed E-state index contributed by atoms with van der Waals surface area (Å²) in [5, 5.41) is 14.8. The van der Waals surface area contributed by atoms with Gasteiger partial charge in [0.15, 0.2) is 0 Å². The van der Waals surface area contributed by atoms with Crippen LogP contribution in [0.5, 0.6) is 0 Å². The summed E-state index contributed by atoms with van der Waals surface area (Å²) in [7, 11) is 0. The van der Waals surface area contributed by atoms with Crippen LogP contribution in [0, 0.1) is 0 Å². The predicted molar refractivity (Wildman–Crippen MR) is 167 cm³/mol. The third kappa shape index (κ3) is 6.99. The topological polar surface area (TPSA) is 38.7 Å². The van der Waals surface area contributed by atoms with Crippen molar-refractivity contribution in [3.8, 4) is 0 Å². The van der Waals surface area contributed by atoms with Crippen LogP contribution >= 0.6 is 0 Å². The molecule has 3 atom stereocenters. The summed E-state index contributed by atoms with van der Waals surface area (Å²) in [6.45, 7) is 0.227. The molecule has 1 aromatic rings. The highest BCUT2D eigenvalue weighted by molar-refractivity contribution is 5.22. The molecule has 0 heterocycles. The third-order valence-corrected chi connectivity index (χ3v) is 11.6. The first-order valence-corrected chi connectivity index (χ1v) is 17.8. The Bertz CT molecular complexity index is 772. The van der Waals surface area contributed by atoms with Gasteiger partial charge in [0.2, 0.25) is 0 Å². The van der Waals surface area contributed by atoms with Gasteiger partial charge in [-0.3, -0.25) is 9.80 Å². The number of aliphatic hydroxyl groups excluding tert-OH is 1. The fraction of sp³-hybridized carbons (Fsp3) is 0.833. The normalized spacial score (nSPS) is 30.6. The van der Waals surface area contributed by atoms with Crippen LogP contribution < -0.4 is 5.32 Å². The van der Waals surface area contributed by atoms with E-state index >= 15 is 0 Å². The zero-order valence-corrected chi connectivity index (χ0v) is 25.4. The van der Waals surface area contributed by atoms with Crippen LogP contribution in [0.3, 0.4) is 0 Å². The largest absolute Gasteiger partial charge is 0.395 e. The van der Waals surface area contributed by atoms with Gasteiger partial charge in [-0.05, 0) is 63.4 Å². The average Bonchev–Trinajstić information content (AvgIpc) is 3.71. The van der Waals surface area contributed by atoms with Crippen molar-refractivity contribution in [2.45, 2.75) is 183 Å². The second-order valence-electron chi connectivity index (χ2n) is 14.3. The molecule has 5 saturated carbocycles. The molecule has 5 fully saturated rings. The lowest BCUT2D eigenvalue weighted by molar-refractivity contribution is 0.0299. The van der Waals surface area contributed by atoms with E-state index in [1.54, 1.807) is 0 Å². The highest BCUT2D eigenvalue weighted by atomic mass is 16.3. The molecule has 5 aliphatic rings. The Morgan fingerprint density at radius 3 is 1.30 bits per heavy atom. The summed E-state index contributed by atoms with van der Waals surface area (Å²) >= 11 is 0. The molecular weight excluding hydrogens is 490 g/mol. The van der Waals surface area contributed by atoms with Crippen molar-refractivity contribution in [3.05, 3.63) is 35.9 Å². The molecule has 0 amide bonds. The zero-order valence-electron chi connectivity index (χ0n) is 25.4. The maximum Gasteiger partial charge on any atom is 0.0588 e. The number of benzene rings is 1. The first-order chi connectivity index (χ1) is 19.8. The number of hydrogen-bond donors (Lipinski definition) is 2. The molecule has 2 unspecified atom stereocenters. The molecule has 2 N–H and O–H groups in total. The van der Waals surface area contributed by atoms with Gasteiger partial charge in [-0.15, -0.1) is 0 Å². The van der Waals surface area contributed by atoms with Crippen LogP contribution in [-0.2, 0) is 6.42 Å². The second-order valence-corrected chi connectivity index (χ2v) is 14.3. The fourth-order valence-corrected chi connectivity index (χ4v) is 9.63. The standard InChI is InChI=1S/C36H59N3O/c40-27-29(26-28-16-6-1-7-17-28)37-34-35(38(30-18-8-2-9-19-30)31-20-10-3-11-21-31)36(34)39(32-22-12-4-13-23-32)33-24-14-5-15-25-33/h1,6-7,16-17,29-37,40H,2-5,8-15,18-27H2/t29-,34?,35?,36?/m0/s1. The summed E-state index contributed by atoms with van der Waals surface area (Å²) in [5.74, 6) is 0. The predicted octanol–water partition coefficient (Wildman–Crippen LogP) is 7.23. The summed E-state index contributed by atoms with van der Waals surface area (Å²) in [4.78, 5) is 6.30. The first-order valence-electron chi connectivity index (χ1n) is 17.8. The number of rotatable bonds is 11. The van der Waals surface area contributed by atoms with Crippen molar-refractivity contribution in [1.82, 2.24) is 15.1 Å². The van der Waals surface area contributed by atoms with Gasteiger partial charge in [0.1, 0.15) is 0 Å². The third-order valence-electron chi connectivity index (χ3n) is 11.6. The van der Waals surface area contributed by atoms with Gasteiger partial charge in [0.05, 0.1) is 6.61 Å². The molecule has 0 spiro atoms. The SMILES string of the molecule is OC[C@H](Cc1ccccc1)NC1C(N(C2CCCCC2)C2CCCCC2)C1N(C1CCCCC1)C1CCCCC1. The van der Waals surface area contributed by atoms with Gasteiger partial charge in [0, 0.05) is 48.3 Å². The maximum atomic E-state index is 10.6. The molecule has 0 radical (unpaired) electrons. The molecule has 224 valence electrons. The second kappa shape index (κ2) is 14.5. The molecule has 0 aliphatic heterocycles. The van der Waals surface area contributed by atoms with Gasteiger partial charge in [-0.25, -0.2) is 0 Å². The lowest BCUT2D eigenvalue weighted by atomic mass is 9.87. The van der Waals surface area contributed by atoms with Crippen molar-refractivity contribution < 1.29 is 5.11 Å². The lowest BCUT2D eigenvalue weighted by Crippen LogP contribution is -2.52. The van der Waals surface area contributed by atoms with E-state index in [1.165, 1.54) is 134 Å². The molecule has 4 nitrogen and oxygen atoms in total. The number of nitrogens with one attached hydrogen (secondary N) is 1. The Morgan fingerprint density at radius 1 is 0.575 bits per heavy atom. The van der Waals surface area contributed by atoms with Gasteiger partial charge in [0.25, 0.3) is 0 Å². The number of hydrogen-bond acceptors (Lipinski definition) is 4. The summed E-state index contributed by atoms with van der Waals surface area (Å²) in [6.07, 6.45) is 29.3. The minimum Gasteiger partial charge on any atom is -0.395 e. The molecule has 5 aliphatic carbocycles. The van der Waals surface area contributed by atoms with E-state index in [2.05, 4.69) is 45.4 Å². The molecule has 0 saturated heterocycles. The highest BCUT2D eigenvalue weighted by Crippen LogP contribution is 2.46. The van der Waals surface area contributed by atoms with E-state index in [1.807, 2.05) is 0 Å². The van der Waals surface area contributed by atoms with Gasteiger partial charge < -0.3 is 10.4 Å². The van der Waals surface area contributed by atoms with Crippen LogP contribution in [0.15, 0.2) is 30.3 Å². The Labute approximate surface area is 245 Å². The molecule has 4 heteroatoms. The van der Waals surface area contributed by atoms with E-state index in [4.69, 9.17) is 0 Å². The highest BCUT2D eigenvalue weighted by Gasteiger charge is 2.61. The average molecular weight is 550 g/mol. The fourth-order valence-electron chi connectivity index (χ4n) is 9.63. The quantitative estimate of drug-likeness (QED) is 0.305. The maximum absolute atomic E-state index is 10.6. The summed E-state index contributed by atoms with van der Waals surface area (Å²) in [5.41, 5.74) is 1.34. The van der Waals surface area contributed by atoms with Crippen LogP contribution in [0.1, 0.15) is 134 Å². The van der Waals surface area contributed by atoms with Gasteiger partial charge in [-0.1, -0.05) is 107 Å². The van der Waals surface area contributed by atoms with Crippen molar-refractivity contribution >= 4 is 0 Å². The van der Waals surface area contributed by atoms with E-state index in [9.17, 15) is 5.11 Å². The Hall–Kier alpha value is -0.940. The Morgan fingerprint density at radius 2 is 0.950 bits per heavy atom. The van der Waals surface area contributed by atoms with Crippen molar-refractivity contribution in [3.63, 3.8) is 0 Å². The monoisotopic (exact) mass is 549 g/mol. The minimum absolute atomic E-state index is 0.138. The van der Waals surface area contributed by atoms with Crippen molar-refractivity contribution in [2.75, 3.05) is 6.61 Å². The molecule has 0 aromatic heterocycles. The molecule has 40 heavy (non-hydrogen) atoms. The molecule has 0 bridgehead atoms. The van der Waals surface area contributed by atoms with Crippen LogP contribution in [-0.4, -0.2) is 69.8 Å². The first kappa shape index (κ1) is 29.1. The number of nitrogens with zero attached hydrogens (tertiary/aromatic N) is 2. The summed E-state index contributed by atoms with van der Waals surface area (Å²) < 4.78 is 0. The summed E-state index contributed by atoms with van der Waals surface area (Å²) in [6, 6.07) is 15.9. The minimum atomic E-state index is 0.138. The lowest BCUT2D eigenvalue weighted by Gasteiger charge is -2.45.